The van der Waals surface area contributed by atoms with Crippen LogP contribution in [0.25, 0.3) is 0 Å². The van der Waals surface area contributed by atoms with Crippen LogP contribution in [0.5, 0.6) is 0 Å². The summed E-state index contributed by atoms with van der Waals surface area (Å²) in [5, 5.41) is 17.5. The number of hydrogen-bond donors (Lipinski definition) is 1. The molecule has 1 N–H and O–H groups in total. The zero-order valence-corrected chi connectivity index (χ0v) is 7.14. The van der Waals surface area contributed by atoms with Gasteiger partial charge in [-0.25, -0.2) is 0 Å². The van der Waals surface area contributed by atoms with Crippen LogP contribution >= 0.6 is 0 Å². The van der Waals surface area contributed by atoms with E-state index in [1.165, 1.54) is 0 Å². The Morgan fingerprint density at radius 3 is 2.92 bits per heavy atom. The van der Waals surface area contributed by atoms with E-state index in [0.717, 1.165) is 25.0 Å². The summed E-state index contributed by atoms with van der Waals surface area (Å²) in [5.74, 6) is 0.425. The van der Waals surface area contributed by atoms with Gasteiger partial charge in [0.15, 0.2) is 0 Å². The quantitative estimate of drug-likeness (QED) is 0.660. The molecule has 0 radical (unpaired) electrons. The van der Waals surface area contributed by atoms with E-state index in [9.17, 15) is 5.11 Å². The van der Waals surface area contributed by atoms with Crippen molar-refractivity contribution in [2.45, 2.75) is 31.3 Å². The van der Waals surface area contributed by atoms with Gasteiger partial charge in [-0.15, -0.1) is 0 Å². The SMILES string of the molecule is Cn1ncc(C2CCC(O)C2)n1. The third-order valence-corrected chi connectivity index (χ3v) is 2.44. The second kappa shape index (κ2) is 2.86. The van der Waals surface area contributed by atoms with Crippen molar-refractivity contribution in [1.82, 2.24) is 15.0 Å². The van der Waals surface area contributed by atoms with Crippen molar-refractivity contribution in [1.29, 1.82) is 0 Å². The van der Waals surface area contributed by atoms with Crippen LogP contribution in [-0.2, 0) is 7.05 Å². The number of aryl methyl sites for hydroxylation is 1. The van der Waals surface area contributed by atoms with E-state index in [1.807, 2.05) is 7.05 Å². The highest BCUT2D eigenvalue weighted by Crippen LogP contribution is 2.32. The van der Waals surface area contributed by atoms with E-state index in [1.54, 1.807) is 11.0 Å². The molecule has 1 fully saturated rings. The van der Waals surface area contributed by atoms with E-state index in [0.29, 0.717) is 5.92 Å². The molecule has 12 heavy (non-hydrogen) atoms. The van der Waals surface area contributed by atoms with Gasteiger partial charge in [-0.3, -0.25) is 0 Å². The van der Waals surface area contributed by atoms with Gasteiger partial charge in [0, 0.05) is 13.0 Å². The summed E-state index contributed by atoms with van der Waals surface area (Å²) in [5.41, 5.74) is 1.02. The maximum Gasteiger partial charge on any atom is 0.0858 e. The molecule has 2 atom stereocenters. The lowest BCUT2D eigenvalue weighted by atomic mass is 10.1. The fourth-order valence-electron chi connectivity index (χ4n) is 1.77. The molecular weight excluding hydrogens is 154 g/mol. The monoisotopic (exact) mass is 167 g/mol. The van der Waals surface area contributed by atoms with Gasteiger partial charge < -0.3 is 5.11 Å². The summed E-state index contributed by atoms with van der Waals surface area (Å²) in [4.78, 5) is 1.57. The van der Waals surface area contributed by atoms with Crippen LogP contribution in [-0.4, -0.2) is 26.2 Å². The number of hydrogen-bond acceptors (Lipinski definition) is 3. The largest absolute Gasteiger partial charge is 0.393 e. The summed E-state index contributed by atoms with van der Waals surface area (Å²) in [6, 6.07) is 0. The lowest BCUT2D eigenvalue weighted by Gasteiger charge is -2.02. The fourth-order valence-corrected chi connectivity index (χ4v) is 1.77. The number of aliphatic hydroxyl groups excluding tert-OH is 1. The fraction of sp³-hybridized carbons (Fsp3) is 0.750. The topological polar surface area (TPSA) is 50.9 Å². The summed E-state index contributed by atoms with van der Waals surface area (Å²) in [7, 11) is 1.81. The molecule has 2 rings (SSSR count). The molecule has 66 valence electrons. The average molecular weight is 167 g/mol. The van der Waals surface area contributed by atoms with Crippen LogP contribution in [0, 0.1) is 0 Å². The second-order valence-electron chi connectivity index (χ2n) is 3.42. The first kappa shape index (κ1) is 7.73. The van der Waals surface area contributed by atoms with Crippen LogP contribution < -0.4 is 0 Å². The Hall–Kier alpha value is -0.900. The van der Waals surface area contributed by atoms with Crippen molar-refractivity contribution in [3.05, 3.63) is 11.9 Å². The minimum atomic E-state index is -0.128. The van der Waals surface area contributed by atoms with Crippen LogP contribution in [0.1, 0.15) is 30.9 Å². The Kier molecular flexibility index (Phi) is 1.84. The summed E-state index contributed by atoms with van der Waals surface area (Å²) in [6.07, 6.45) is 4.46. The molecule has 0 aromatic carbocycles. The molecule has 0 aliphatic heterocycles. The Bertz CT molecular complexity index is 271. The molecule has 2 unspecified atom stereocenters. The molecular formula is C8H13N3O. The summed E-state index contributed by atoms with van der Waals surface area (Å²) in [6.45, 7) is 0. The third-order valence-electron chi connectivity index (χ3n) is 2.44. The molecule has 0 amide bonds. The van der Waals surface area contributed by atoms with Gasteiger partial charge in [-0.1, -0.05) is 0 Å². The lowest BCUT2D eigenvalue weighted by molar-refractivity contribution is 0.181. The van der Waals surface area contributed by atoms with Crippen molar-refractivity contribution in [3.8, 4) is 0 Å². The van der Waals surface area contributed by atoms with Crippen molar-refractivity contribution >= 4 is 0 Å². The van der Waals surface area contributed by atoms with E-state index in [2.05, 4.69) is 10.2 Å². The molecule has 1 aromatic heterocycles. The van der Waals surface area contributed by atoms with Gasteiger partial charge in [0.1, 0.15) is 0 Å². The summed E-state index contributed by atoms with van der Waals surface area (Å²) < 4.78 is 0. The zero-order chi connectivity index (χ0) is 8.55. The minimum Gasteiger partial charge on any atom is -0.393 e. The Labute approximate surface area is 71.2 Å². The molecule has 1 saturated carbocycles. The zero-order valence-electron chi connectivity index (χ0n) is 7.14. The van der Waals surface area contributed by atoms with E-state index in [-0.39, 0.29) is 6.10 Å². The lowest BCUT2D eigenvalue weighted by Crippen LogP contribution is -2.00. The van der Waals surface area contributed by atoms with Crippen molar-refractivity contribution in [2.75, 3.05) is 0 Å². The predicted molar refractivity (Wildman–Crippen MR) is 43.6 cm³/mol. The highest BCUT2D eigenvalue weighted by atomic mass is 16.3. The number of aromatic nitrogens is 3. The molecule has 1 aliphatic carbocycles. The van der Waals surface area contributed by atoms with Crippen molar-refractivity contribution in [2.24, 2.45) is 7.05 Å². The highest BCUT2D eigenvalue weighted by Gasteiger charge is 2.25. The average Bonchev–Trinajstić information content (AvgIpc) is 2.58. The van der Waals surface area contributed by atoms with E-state index in [4.69, 9.17) is 0 Å². The smallest absolute Gasteiger partial charge is 0.0858 e. The minimum absolute atomic E-state index is 0.128. The van der Waals surface area contributed by atoms with Gasteiger partial charge >= 0.3 is 0 Å². The Balaban J connectivity index is 2.11. The number of nitrogens with zero attached hydrogens (tertiary/aromatic N) is 3. The van der Waals surface area contributed by atoms with E-state index >= 15 is 0 Å². The molecule has 0 bridgehead atoms. The number of aliphatic hydroxyl groups is 1. The Morgan fingerprint density at radius 2 is 2.42 bits per heavy atom. The molecule has 1 aromatic rings. The maximum absolute atomic E-state index is 9.31. The molecule has 1 aliphatic rings. The van der Waals surface area contributed by atoms with Crippen LogP contribution in [0.2, 0.25) is 0 Å². The van der Waals surface area contributed by atoms with Crippen LogP contribution in [0.4, 0.5) is 0 Å². The molecule has 4 nitrogen and oxygen atoms in total. The normalized spacial score (nSPS) is 29.5. The third kappa shape index (κ3) is 1.34. The Morgan fingerprint density at radius 1 is 1.58 bits per heavy atom. The van der Waals surface area contributed by atoms with Gasteiger partial charge in [0.25, 0.3) is 0 Å². The van der Waals surface area contributed by atoms with Gasteiger partial charge in [-0.2, -0.15) is 15.0 Å². The second-order valence-corrected chi connectivity index (χ2v) is 3.42. The standard InChI is InChI=1S/C8H13N3O/c1-11-9-5-8(10-11)6-2-3-7(12)4-6/h5-7,12H,2-4H2,1H3. The predicted octanol–water partition coefficient (Wildman–Crippen LogP) is 0.444. The molecule has 0 saturated heterocycles. The van der Waals surface area contributed by atoms with E-state index < -0.39 is 0 Å². The first-order valence-corrected chi connectivity index (χ1v) is 4.30. The van der Waals surface area contributed by atoms with Crippen molar-refractivity contribution < 1.29 is 5.11 Å². The van der Waals surface area contributed by atoms with Crippen LogP contribution in [0.3, 0.4) is 0 Å². The van der Waals surface area contributed by atoms with Gasteiger partial charge in [-0.05, 0) is 19.3 Å². The van der Waals surface area contributed by atoms with Gasteiger partial charge in [0.2, 0.25) is 0 Å². The maximum atomic E-state index is 9.31. The first-order valence-electron chi connectivity index (χ1n) is 4.30. The van der Waals surface area contributed by atoms with Gasteiger partial charge in [0.05, 0.1) is 18.0 Å². The first-order chi connectivity index (χ1) is 5.75. The summed E-state index contributed by atoms with van der Waals surface area (Å²) >= 11 is 0. The van der Waals surface area contributed by atoms with Crippen LogP contribution in [0.15, 0.2) is 6.20 Å². The molecule has 4 heteroatoms. The highest BCUT2D eigenvalue weighted by molar-refractivity contribution is 5.04. The molecule has 1 heterocycles. The number of rotatable bonds is 1. The molecule has 0 spiro atoms. The van der Waals surface area contributed by atoms with Crippen molar-refractivity contribution in [3.63, 3.8) is 0 Å².